The Bertz CT molecular complexity index is 215. The first-order valence-corrected chi connectivity index (χ1v) is 8.46. The van der Waals surface area contributed by atoms with Crippen LogP contribution < -0.4 is 5.32 Å². The first-order chi connectivity index (χ1) is 9.80. The third kappa shape index (κ3) is 7.58. The van der Waals surface area contributed by atoms with Crippen LogP contribution >= 0.6 is 0 Å². The normalized spacial score (nSPS) is 19.9. The van der Waals surface area contributed by atoms with Crippen LogP contribution in [0.4, 0.5) is 0 Å². The van der Waals surface area contributed by atoms with Crippen molar-refractivity contribution in [1.82, 2.24) is 10.2 Å². The molecule has 0 aromatic carbocycles. The van der Waals surface area contributed by atoms with Crippen molar-refractivity contribution >= 4 is 0 Å². The van der Waals surface area contributed by atoms with Gasteiger partial charge in [0.05, 0.1) is 0 Å². The van der Waals surface area contributed by atoms with Gasteiger partial charge in [0.1, 0.15) is 0 Å². The predicted octanol–water partition coefficient (Wildman–Crippen LogP) is 2.49. The molecular formula is C16H34N2O2. The van der Waals surface area contributed by atoms with Gasteiger partial charge in [-0.15, -0.1) is 0 Å². The summed E-state index contributed by atoms with van der Waals surface area (Å²) in [4.78, 5) is 2.59. The van der Waals surface area contributed by atoms with Crippen molar-refractivity contribution in [3.05, 3.63) is 0 Å². The molecule has 1 N–H and O–H groups in total. The lowest BCUT2D eigenvalue weighted by Gasteiger charge is -2.31. The summed E-state index contributed by atoms with van der Waals surface area (Å²) in [7, 11) is 0. The van der Waals surface area contributed by atoms with Crippen molar-refractivity contribution in [3.63, 3.8) is 0 Å². The van der Waals surface area contributed by atoms with E-state index in [2.05, 4.69) is 17.1 Å². The van der Waals surface area contributed by atoms with Gasteiger partial charge in [-0.2, -0.15) is 0 Å². The average molecular weight is 286 g/mol. The summed E-state index contributed by atoms with van der Waals surface area (Å²) >= 11 is 0. The van der Waals surface area contributed by atoms with Gasteiger partial charge < -0.3 is 19.7 Å². The van der Waals surface area contributed by atoms with Gasteiger partial charge in [0, 0.05) is 32.7 Å². The van der Waals surface area contributed by atoms with Crippen molar-refractivity contribution < 1.29 is 9.47 Å². The van der Waals surface area contributed by atoms with Crippen LogP contribution in [0.3, 0.4) is 0 Å². The fourth-order valence-electron chi connectivity index (χ4n) is 2.93. The van der Waals surface area contributed by atoms with E-state index in [0.29, 0.717) is 0 Å². The molecule has 1 rings (SSSR count). The maximum absolute atomic E-state index is 5.64. The lowest BCUT2D eigenvalue weighted by Crippen LogP contribution is -2.40. The Balaban J connectivity index is 2.32. The first kappa shape index (κ1) is 17.9. The number of rotatable bonds is 11. The fraction of sp³-hybridized carbons (Fsp3) is 1.00. The summed E-state index contributed by atoms with van der Waals surface area (Å²) in [5.74, 6) is 0.813. The van der Waals surface area contributed by atoms with E-state index in [0.717, 1.165) is 32.1 Å². The van der Waals surface area contributed by atoms with Gasteiger partial charge in [0.2, 0.25) is 0 Å². The summed E-state index contributed by atoms with van der Waals surface area (Å²) in [6.07, 6.45) is 4.85. The van der Waals surface area contributed by atoms with Crippen LogP contribution in [-0.2, 0) is 9.47 Å². The summed E-state index contributed by atoms with van der Waals surface area (Å²) < 4.78 is 11.3. The number of piperidine rings is 1. The molecule has 0 radical (unpaired) electrons. The Hall–Kier alpha value is -0.160. The van der Waals surface area contributed by atoms with Gasteiger partial charge in [0.25, 0.3) is 0 Å². The van der Waals surface area contributed by atoms with Crippen molar-refractivity contribution in [3.8, 4) is 0 Å². The third-order valence-electron chi connectivity index (χ3n) is 3.84. The molecule has 0 bridgehead atoms. The van der Waals surface area contributed by atoms with E-state index in [1.165, 1.54) is 45.4 Å². The quantitative estimate of drug-likeness (QED) is 0.592. The Morgan fingerprint density at radius 1 is 1.15 bits per heavy atom. The number of ether oxygens (including phenoxy) is 2. The second-order valence-corrected chi connectivity index (χ2v) is 5.64. The highest BCUT2D eigenvalue weighted by molar-refractivity contribution is 4.73. The molecule has 1 aliphatic rings. The molecule has 1 saturated heterocycles. The number of hydrogen-bond donors (Lipinski definition) is 1. The zero-order valence-electron chi connectivity index (χ0n) is 13.7. The van der Waals surface area contributed by atoms with E-state index in [1.807, 2.05) is 13.8 Å². The Kier molecular flexibility index (Phi) is 10.3. The standard InChI is InChI=1S/C16H34N2O2/c1-4-11-18(14-15-8-7-10-17-13-15)12-9-16(19-5-2)20-6-3/h15-17H,4-14H2,1-3H3. The van der Waals surface area contributed by atoms with Crippen LogP contribution in [0.15, 0.2) is 0 Å². The van der Waals surface area contributed by atoms with E-state index in [4.69, 9.17) is 9.47 Å². The maximum atomic E-state index is 5.64. The highest BCUT2D eigenvalue weighted by Crippen LogP contribution is 2.13. The van der Waals surface area contributed by atoms with E-state index in [9.17, 15) is 0 Å². The van der Waals surface area contributed by atoms with Gasteiger partial charge in [-0.1, -0.05) is 6.92 Å². The minimum atomic E-state index is -0.0335. The molecule has 1 fully saturated rings. The fourth-order valence-corrected chi connectivity index (χ4v) is 2.93. The molecule has 20 heavy (non-hydrogen) atoms. The van der Waals surface area contributed by atoms with Crippen molar-refractivity contribution in [2.75, 3.05) is 45.9 Å². The molecule has 0 spiro atoms. The van der Waals surface area contributed by atoms with Gasteiger partial charge in [-0.05, 0) is 58.7 Å². The SMILES string of the molecule is CCCN(CCC(OCC)OCC)CC1CCCNC1. The molecule has 0 aliphatic carbocycles. The number of hydrogen-bond acceptors (Lipinski definition) is 4. The van der Waals surface area contributed by atoms with Crippen LogP contribution in [0.25, 0.3) is 0 Å². The van der Waals surface area contributed by atoms with Crippen LogP contribution in [0.5, 0.6) is 0 Å². The molecule has 1 atom stereocenters. The highest BCUT2D eigenvalue weighted by Gasteiger charge is 2.18. The largest absolute Gasteiger partial charge is 0.353 e. The molecule has 1 heterocycles. The smallest absolute Gasteiger partial charge is 0.158 e. The first-order valence-electron chi connectivity index (χ1n) is 8.46. The summed E-state index contributed by atoms with van der Waals surface area (Å²) in [5, 5.41) is 3.51. The van der Waals surface area contributed by atoms with E-state index in [-0.39, 0.29) is 6.29 Å². The monoisotopic (exact) mass is 286 g/mol. The molecule has 0 saturated carbocycles. The summed E-state index contributed by atoms with van der Waals surface area (Å²) in [5.41, 5.74) is 0. The van der Waals surface area contributed by atoms with Crippen LogP contribution in [0.2, 0.25) is 0 Å². The molecule has 4 nitrogen and oxygen atoms in total. The lowest BCUT2D eigenvalue weighted by atomic mass is 9.99. The molecule has 1 unspecified atom stereocenters. The summed E-state index contributed by atoms with van der Waals surface area (Å²) in [6.45, 7) is 13.6. The molecule has 120 valence electrons. The van der Waals surface area contributed by atoms with E-state index in [1.54, 1.807) is 0 Å². The molecular weight excluding hydrogens is 252 g/mol. The van der Waals surface area contributed by atoms with Gasteiger partial charge in [-0.3, -0.25) is 0 Å². The average Bonchev–Trinajstić information content (AvgIpc) is 2.46. The van der Waals surface area contributed by atoms with E-state index >= 15 is 0 Å². The Morgan fingerprint density at radius 3 is 2.45 bits per heavy atom. The minimum Gasteiger partial charge on any atom is -0.353 e. The van der Waals surface area contributed by atoms with Crippen molar-refractivity contribution in [2.24, 2.45) is 5.92 Å². The summed E-state index contributed by atoms with van der Waals surface area (Å²) in [6, 6.07) is 0. The molecule has 0 aromatic rings. The Morgan fingerprint density at radius 2 is 1.90 bits per heavy atom. The van der Waals surface area contributed by atoms with Crippen molar-refractivity contribution in [1.29, 1.82) is 0 Å². The van der Waals surface area contributed by atoms with Crippen LogP contribution in [0.1, 0.15) is 46.5 Å². The zero-order chi connectivity index (χ0) is 14.6. The van der Waals surface area contributed by atoms with Crippen molar-refractivity contribution in [2.45, 2.75) is 52.7 Å². The highest BCUT2D eigenvalue weighted by atomic mass is 16.7. The van der Waals surface area contributed by atoms with Gasteiger partial charge in [0.15, 0.2) is 6.29 Å². The van der Waals surface area contributed by atoms with Crippen LogP contribution in [0, 0.1) is 5.92 Å². The maximum Gasteiger partial charge on any atom is 0.158 e. The van der Waals surface area contributed by atoms with Gasteiger partial charge >= 0.3 is 0 Å². The Labute approximate surface area is 125 Å². The zero-order valence-corrected chi connectivity index (χ0v) is 13.7. The van der Waals surface area contributed by atoms with E-state index < -0.39 is 0 Å². The lowest BCUT2D eigenvalue weighted by molar-refractivity contribution is -0.141. The second-order valence-electron chi connectivity index (χ2n) is 5.64. The second kappa shape index (κ2) is 11.5. The van der Waals surface area contributed by atoms with Crippen LogP contribution in [-0.4, -0.2) is 57.1 Å². The third-order valence-corrected chi connectivity index (χ3v) is 3.84. The van der Waals surface area contributed by atoms with Gasteiger partial charge in [-0.25, -0.2) is 0 Å². The molecule has 4 heteroatoms. The predicted molar refractivity (Wildman–Crippen MR) is 84.0 cm³/mol. The number of nitrogens with one attached hydrogen (secondary N) is 1. The molecule has 1 aliphatic heterocycles. The number of nitrogens with zero attached hydrogens (tertiary/aromatic N) is 1. The topological polar surface area (TPSA) is 33.7 Å². The minimum absolute atomic E-state index is 0.0335. The molecule has 0 aromatic heterocycles. The molecule has 0 amide bonds.